The maximum atomic E-state index is 3.75. The molecule has 0 aromatic heterocycles. The average molecular weight is 175 g/mol. The monoisotopic (exact) mass is 175 g/mol. The van der Waals surface area contributed by atoms with Crippen LogP contribution >= 0.6 is 0 Å². The van der Waals surface area contributed by atoms with E-state index in [1.807, 2.05) is 0 Å². The molecule has 0 radical (unpaired) electrons. The van der Waals surface area contributed by atoms with Gasteiger partial charge in [-0.05, 0) is 5.54 Å². The third-order valence-corrected chi connectivity index (χ3v) is 8.01. The number of nitrogens with one attached hydrogen (secondary N) is 1. The molecule has 1 N–H and O–H groups in total. The van der Waals surface area contributed by atoms with Gasteiger partial charge in [-0.15, -0.1) is 0 Å². The molecule has 1 atom stereocenters. The van der Waals surface area contributed by atoms with Crippen molar-refractivity contribution in [2.75, 3.05) is 0 Å². The molecule has 0 saturated carbocycles. The Morgan fingerprint density at radius 1 is 1.40 bits per heavy atom. The lowest BCUT2D eigenvalue weighted by molar-refractivity contribution is 0.861. The topological polar surface area (TPSA) is 12.0 Å². The first-order chi connectivity index (χ1) is 4.45. The molecule has 0 aliphatic rings. The molecular weight excluding hydrogens is 154 g/mol. The first kappa shape index (κ1) is 10.4. The Bertz CT molecular complexity index is 88.1. The number of hydrogen-bond acceptors (Lipinski definition) is 1. The molecule has 0 amide bonds. The molecule has 0 bridgehead atoms. The van der Waals surface area contributed by atoms with Crippen LogP contribution in [0.5, 0.6) is 0 Å². The molecule has 1 nitrogen and oxygen atoms in total. The first-order valence-electron chi connectivity index (χ1n) is 4.20. The van der Waals surface area contributed by atoms with Gasteiger partial charge in [0.15, 0.2) is 0 Å². The highest BCUT2D eigenvalue weighted by Gasteiger charge is 2.12. The summed E-state index contributed by atoms with van der Waals surface area (Å²) in [5.41, 5.74) is 0.978. The van der Waals surface area contributed by atoms with Crippen molar-refractivity contribution in [3.63, 3.8) is 0 Å². The number of rotatable bonds is 4. The summed E-state index contributed by atoms with van der Waals surface area (Å²) in [6, 6.07) is 0. The van der Waals surface area contributed by atoms with Crippen LogP contribution in [-0.2, 0) is 0 Å². The lowest BCUT2D eigenvalue weighted by atomic mass is 10.4. The van der Waals surface area contributed by atoms with Gasteiger partial charge in [-0.25, -0.2) is 0 Å². The minimum absolute atomic E-state index is 0.0432. The zero-order valence-electron chi connectivity index (χ0n) is 7.99. The van der Waals surface area contributed by atoms with Crippen molar-refractivity contribution >= 4 is 17.9 Å². The minimum atomic E-state index is -0.925. The molecule has 1 unspecified atom stereocenters. The van der Waals surface area contributed by atoms with Crippen LogP contribution in [-0.4, -0.2) is 17.9 Å². The zero-order chi connectivity index (χ0) is 8.20. The van der Waals surface area contributed by atoms with E-state index in [0.29, 0.717) is 0 Å². The summed E-state index contributed by atoms with van der Waals surface area (Å²) in [6.45, 7) is 11.8. The Hall–Kier alpha value is 0.394. The van der Waals surface area contributed by atoms with Gasteiger partial charge in [0.05, 0.1) is 9.68 Å². The lowest BCUT2D eigenvalue weighted by Crippen LogP contribution is -2.44. The van der Waals surface area contributed by atoms with Gasteiger partial charge in [0, 0.05) is 0 Å². The second-order valence-corrected chi connectivity index (χ2v) is 11.9. The van der Waals surface area contributed by atoms with Crippen molar-refractivity contribution in [2.45, 2.75) is 45.5 Å². The van der Waals surface area contributed by atoms with Gasteiger partial charge in [-0.3, -0.25) is 0 Å². The van der Waals surface area contributed by atoms with E-state index in [1.165, 1.54) is 6.42 Å². The molecular formula is C7H21NSi2. The predicted octanol–water partition coefficient (Wildman–Crippen LogP) is 1.71. The minimum Gasteiger partial charge on any atom is -0.364 e. The highest BCUT2D eigenvalue weighted by molar-refractivity contribution is 6.79. The van der Waals surface area contributed by atoms with Crippen molar-refractivity contribution in [1.29, 1.82) is 0 Å². The van der Waals surface area contributed by atoms with Crippen LogP contribution < -0.4 is 4.65 Å². The van der Waals surface area contributed by atoms with E-state index in [4.69, 9.17) is 0 Å². The van der Waals surface area contributed by atoms with Crippen LogP contribution in [0.3, 0.4) is 0 Å². The van der Waals surface area contributed by atoms with E-state index in [9.17, 15) is 0 Å². The lowest BCUT2D eigenvalue weighted by Gasteiger charge is -2.20. The van der Waals surface area contributed by atoms with Crippen molar-refractivity contribution in [3.8, 4) is 0 Å². The summed E-state index contributed by atoms with van der Waals surface area (Å²) < 4.78 is 3.75. The molecule has 0 aliphatic carbocycles. The molecule has 0 aliphatic heterocycles. The van der Waals surface area contributed by atoms with E-state index in [2.05, 4.69) is 38.1 Å². The molecule has 3 heteroatoms. The number of hydrogen-bond donors (Lipinski definition) is 1. The van der Waals surface area contributed by atoms with Gasteiger partial charge >= 0.3 is 0 Å². The molecule has 0 heterocycles. The van der Waals surface area contributed by atoms with Crippen molar-refractivity contribution in [1.82, 2.24) is 4.65 Å². The Balaban J connectivity index is 3.36. The fourth-order valence-electron chi connectivity index (χ4n) is 0.625. The standard InChI is InChI=1S/C7H21NSi2/c1-6-7(2)9-8-10(3,4)5/h7-8H,6,9H2,1-5H3. The summed E-state index contributed by atoms with van der Waals surface area (Å²) in [6.07, 6.45) is 1.35. The molecule has 0 fully saturated rings. The summed E-state index contributed by atoms with van der Waals surface area (Å²) in [5, 5.41) is 0. The predicted molar refractivity (Wildman–Crippen MR) is 54.7 cm³/mol. The third-order valence-electron chi connectivity index (χ3n) is 1.68. The molecule has 0 spiro atoms. The van der Waals surface area contributed by atoms with Crippen molar-refractivity contribution in [2.24, 2.45) is 0 Å². The maximum Gasteiger partial charge on any atom is 0.109 e. The smallest absolute Gasteiger partial charge is 0.109 e. The summed E-state index contributed by atoms with van der Waals surface area (Å²) >= 11 is 0. The molecule has 0 rings (SSSR count). The van der Waals surface area contributed by atoms with E-state index in [0.717, 1.165) is 5.54 Å². The summed E-state index contributed by atoms with van der Waals surface area (Å²) in [7, 11) is -0.881. The van der Waals surface area contributed by atoms with Crippen molar-refractivity contribution < 1.29 is 0 Å². The van der Waals surface area contributed by atoms with Gasteiger partial charge in [-0.2, -0.15) is 0 Å². The highest BCUT2D eigenvalue weighted by Crippen LogP contribution is 2.05. The molecule has 0 aromatic rings. The highest BCUT2D eigenvalue weighted by atomic mass is 28.4. The molecule has 0 saturated heterocycles. The molecule has 62 valence electrons. The average Bonchev–Trinajstić information content (AvgIpc) is 1.81. The second kappa shape index (κ2) is 4.31. The fourth-order valence-corrected chi connectivity index (χ4v) is 4.76. The largest absolute Gasteiger partial charge is 0.364 e. The van der Waals surface area contributed by atoms with Gasteiger partial charge in [0.1, 0.15) is 8.24 Å². The maximum absolute atomic E-state index is 3.75. The fraction of sp³-hybridized carbons (Fsp3) is 1.00. The van der Waals surface area contributed by atoms with Gasteiger partial charge < -0.3 is 4.65 Å². The Kier molecular flexibility index (Phi) is 4.48. The van der Waals surface area contributed by atoms with E-state index >= 15 is 0 Å². The Morgan fingerprint density at radius 2 is 1.90 bits per heavy atom. The first-order valence-corrected chi connectivity index (χ1v) is 9.23. The van der Waals surface area contributed by atoms with Gasteiger partial charge in [0.25, 0.3) is 0 Å². The van der Waals surface area contributed by atoms with Gasteiger partial charge in [-0.1, -0.05) is 39.9 Å². The van der Waals surface area contributed by atoms with Crippen LogP contribution in [0, 0.1) is 0 Å². The van der Waals surface area contributed by atoms with Crippen LogP contribution in [0.15, 0.2) is 0 Å². The second-order valence-electron chi connectivity index (χ2n) is 4.14. The normalized spacial score (nSPS) is 16.5. The quantitative estimate of drug-likeness (QED) is 0.642. The van der Waals surface area contributed by atoms with Crippen LogP contribution in [0.4, 0.5) is 0 Å². The van der Waals surface area contributed by atoms with Crippen LogP contribution in [0.25, 0.3) is 0 Å². The molecule has 10 heavy (non-hydrogen) atoms. The Labute approximate surface area is 68.6 Å². The SMILES string of the molecule is CCC(C)[SiH2]N[Si](C)(C)C. The van der Waals surface area contributed by atoms with E-state index < -0.39 is 8.24 Å². The van der Waals surface area contributed by atoms with Crippen LogP contribution in [0.2, 0.25) is 25.2 Å². The van der Waals surface area contributed by atoms with E-state index in [1.54, 1.807) is 0 Å². The third kappa shape index (κ3) is 6.51. The summed E-state index contributed by atoms with van der Waals surface area (Å²) in [5.74, 6) is 0. The van der Waals surface area contributed by atoms with Crippen LogP contribution in [0.1, 0.15) is 20.3 Å². The Morgan fingerprint density at radius 3 is 2.20 bits per heavy atom. The molecule has 0 aromatic carbocycles. The van der Waals surface area contributed by atoms with Gasteiger partial charge in [0.2, 0.25) is 0 Å². The zero-order valence-corrected chi connectivity index (χ0v) is 10.4. The van der Waals surface area contributed by atoms with Crippen molar-refractivity contribution in [3.05, 3.63) is 0 Å². The summed E-state index contributed by atoms with van der Waals surface area (Å²) in [4.78, 5) is 0. The van der Waals surface area contributed by atoms with E-state index in [-0.39, 0.29) is 9.68 Å².